The Labute approximate surface area is 180 Å². The quantitative estimate of drug-likeness (QED) is 0.551. The van der Waals surface area contributed by atoms with Crippen molar-refractivity contribution in [1.82, 2.24) is 14.7 Å². The summed E-state index contributed by atoms with van der Waals surface area (Å²) in [5.74, 6) is -0.406. The number of hydrogen-bond acceptors (Lipinski definition) is 4. The van der Waals surface area contributed by atoms with E-state index in [2.05, 4.69) is 16.6 Å². The van der Waals surface area contributed by atoms with E-state index in [1.165, 1.54) is 22.9 Å². The fourth-order valence-corrected chi connectivity index (χ4v) is 4.29. The molecule has 162 valence electrons. The summed E-state index contributed by atoms with van der Waals surface area (Å²) in [4.78, 5) is 25.2. The molecule has 1 amide bonds. The fourth-order valence-electron chi connectivity index (χ4n) is 3.15. The number of benzene rings is 2. The van der Waals surface area contributed by atoms with Gasteiger partial charge in [0.2, 0.25) is 0 Å². The molecule has 1 aromatic heterocycles. The maximum Gasteiger partial charge on any atom is 0.296 e. The van der Waals surface area contributed by atoms with E-state index in [4.69, 9.17) is 0 Å². The zero-order valence-electron chi connectivity index (χ0n) is 17.5. The van der Waals surface area contributed by atoms with E-state index in [0.717, 1.165) is 0 Å². The molecule has 31 heavy (non-hydrogen) atoms. The van der Waals surface area contributed by atoms with E-state index < -0.39 is 21.5 Å². The van der Waals surface area contributed by atoms with Crippen molar-refractivity contribution in [3.8, 4) is 5.69 Å². The first kappa shape index (κ1) is 22.1. The average Bonchev–Trinajstić information content (AvgIpc) is 2.95. The molecule has 0 aliphatic carbocycles. The van der Waals surface area contributed by atoms with Crippen LogP contribution in [0.4, 0.5) is 5.69 Å². The Kier molecular flexibility index (Phi) is 6.16. The normalized spacial score (nSPS) is 11.2. The first-order chi connectivity index (χ1) is 14.7. The third-order valence-corrected chi connectivity index (χ3v) is 6.31. The van der Waals surface area contributed by atoms with Gasteiger partial charge in [0.1, 0.15) is 5.69 Å². The maximum absolute atomic E-state index is 13.0. The number of amides is 1. The first-order valence-electron chi connectivity index (χ1n) is 9.54. The summed E-state index contributed by atoms with van der Waals surface area (Å²) in [7, 11) is -2.44. The number of nitrogens with one attached hydrogen (secondary N) is 2. The van der Waals surface area contributed by atoms with E-state index in [0.29, 0.717) is 16.9 Å². The minimum Gasteiger partial charge on any atom is -0.349 e. The molecule has 0 bridgehead atoms. The van der Waals surface area contributed by atoms with Crippen LogP contribution in [0.25, 0.3) is 5.69 Å². The standard InChI is InChI=1S/C22H24N4O4S/c1-5-13-23-21(27)19-14-18(12-11-15(19)2)31(29,30)24-20-16(3)25(4)26(22(20)28)17-9-7-6-8-10-17/h5-12,14,24H,1,13H2,2-4H3,(H,23,27). The molecule has 0 radical (unpaired) electrons. The molecule has 0 saturated heterocycles. The van der Waals surface area contributed by atoms with Gasteiger partial charge in [0, 0.05) is 19.2 Å². The van der Waals surface area contributed by atoms with Gasteiger partial charge in [0.15, 0.2) is 0 Å². The van der Waals surface area contributed by atoms with Crippen molar-refractivity contribution in [3.63, 3.8) is 0 Å². The second-order valence-corrected chi connectivity index (χ2v) is 8.70. The molecule has 3 rings (SSSR count). The Balaban J connectivity index is 2.01. The predicted molar refractivity (Wildman–Crippen MR) is 120 cm³/mol. The molecule has 0 aliphatic heterocycles. The lowest BCUT2D eigenvalue weighted by Crippen LogP contribution is -2.25. The van der Waals surface area contributed by atoms with Crippen LogP contribution < -0.4 is 15.6 Å². The third kappa shape index (κ3) is 4.31. The lowest BCUT2D eigenvalue weighted by molar-refractivity contribution is 0.0957. The number of para-hydroxylation sites is 1. The molecule has 2 N–H and O–H groups in total. The number of sulfonamides is 1. The van der Waals surface area contributed by atoms with E-state index in [-0.39, 0.29) is 22.7 Å². The predicted octanol–water partition coefficient (Wildman–Crippen LogP) is 2.51. The fraction of sp³-hybridized carbons (Fsp3) is 0.182. The molecule has 1 heterocycles. The van der Waals surface area contributed by atoms with Crippen LogP contribution in [0.15, 0.2) is 70.9 Å². The highest BCUT2D eigenvalue weighted by Gasteiger charge is 2.23. The number of carbonyl (C=O) groups is 1. The minimum absolute atomic E-state index is 0.0513. The number of anilines is 1. The Morgan fingerprint density at radius 1 is 1.13 bits per heavy atom. The zero-order chi connectivity index (χ0) is 22.8. The van der Waals surface area contributed by atoms with Crippen molar-refractivity contribution in [3.05, 3.63) is 88.4 Å². The molecule has 0 unspecified atom stereocenters. The summed E-state index contributed by atoms with van der Waals surface area (Å²) >= 11 is 0. The molecule has 0 spiro atoms. The van der Waals surface area contributed by atoms with Crippen LogP contribution in [0.3, 0.4) is 0 Å². The van der Waals surface area contributed by atoms with Crippen molar-refractivity contribution in [2.45, 2.75) is 18.7 Å². The largest absolute Gasteiger partial charge is 0.349 e. The summed E-state index contributed by atoms with van der Waals surface area (Å²) in [5, 5.41) is 2.64. The third-order valence-electron chi connectivity index (χ3n) is 4.96. The summed E-state index contributed by atoms with van der Waals surface area (Å²) in [6.07, 6.45) is 1.53. The average molecular weight is 441 g/mol. The molecule has 2 aromatic carbocycles. The number of hydrogen-bond donors (Lipinski definition) is 2. The SMILES string of the molecule is C=CCNC(=O)c1cc(S(=O)(=O)Nc2c(C)n(C)n(-c3ccccc3)c2=O)ccc1C. The van der Waals surface area contributed by atoms with E-state index in [1.54, 1.807) is 55.9 Å². The minimum atomic E-state index is -4.11. The number of nitrogens with zero attached hydrogens (tertiary/aromatic N) is 2. The van der Waals surface area contributed by atoms with Gasteiger partial charge < -0.3 is 5.32 Å². The molecular weight excluding hydrogens is 416 g/mol. The lowest BCUT2D eigenvalue weighted by atomic mass is 10.1. The van der Waals surface area contributed by atoms with E-state index >= 15 is 0 Å². The molecule has 9 heteroatoms. The zero-order valence-corrected chi connectivity index (χ0v) is 18.4. The van der Waals surface area contributed by atoms with Crippen molar-refractivity contribution in [2.75, 3.05) is 11.3 Å². The van der Waals surface area contributed by atoms with Gasteiger partial charge in [0.05, 0.1) is 16.3 Å². The Morgan fingerprint density at radius 3 is 2.45 bits per heavy atom. The monoisotopic (exact) mass is 440 g/mol. The molecule has 3 aromatic rings. The Hall–Kier alpha value is -3.59. The molecular formula is C22H24N4O4S. The van der Waals surface area contributed by atoms with E-state index in [1.807, 2.05) is 6.07 Å². The van der Waals surface area contributed by atoms with Crippen LogP contribution in [0, 0.1) is 13.8 Å². The number of aromatic nitrogens is 2. The highest BCUT2D eigenvalue weighted by atomic mass is 32.2. The van der Waals surface area contributed by atoms with Crippen molar-refractivity contribution >= 4 is 21.6 Å². The van der Waals surface area contributed by atoms with Crippen LogP contribution in [-0.2, 0) is 17.1 Å². The van der Waals surface area contributed by atoms with Gasteiger partial charge in [-0.1, -0.05) is 30.3 Å². The van der Waals surface area contributed by atoms with Crippen molar-refractivity contribution < 1.29 is 13.2 Å². The number of carbonyl (C=O) groups excluding carboxylic acids is 1. The molecule has 0 fully saturated rings. The van der Waals surface area contributed by atoms with Gasteiger partial charge in [-0.3, -0.25) is 19.0 Å². The topological polar surface area (TPSA) is 102 Å². The van der Waals surface area contributed by atoms with Gasteiger partial charge in [0.25, 0.3) is 21.5 Å². The number of aryl methyl sites for hydroxylation is 1. The highest BCUT2D eigenvalue weighted by Crippen LogP contribution is 2.21. The van der Waals surface area contributed by atoms with Crippen LogP contribution in [0.2, 0.25) is 0 Å². The molecule has 0 atom stereocenters. The summed E-state index contributed by atoms with van der Waals surface area (Å²) in [6, 6.07) is 13.2. The summed E-state index contributed by atoms with van der Waals surface area (Å²) in [5.41, 5.74) is 1.38. The first-order valence-corrected chi connectivity index (χ1v) is 11.0. The Bertz CT molecular complexity index is 1310. The van der Waals surface area contributed by atoms with Crippen LogP contribution in [0.1, 0.15) is 21.6 Å². The smallest absolute Gasteiger partial charge is 0.296 e. The van der Waals surface area contributed by atoms with Gasteiger partial charge in [-0.2, -0.15) is 0 Å². The maximum atomic E-state index is 13.0. The van der Waals surface area contributed by atoms with Crippen molar-refractivity contribution in [2.24, 2.45) is 7.05 Å². The van der Waals surface area contributed by atoms with E-state index in [9.17, 15) is 18.0 Å². The Morgan fingerprint density at radius 2 is 1.81 bits per heavy atom. The molecule has 8 nitrogen and oxygen atoms in total. The lowest BCUT2D eigenvalue weighted by Gasteiger charge is -2.11. The second-order valence-electron chi connectivity index (χ2n) is 7.02. The van der Waals surface area contributed by atoms with Crippen LogP contribution in [-0.4, -0.2) is 30.2 Å². The van der Waals surface area contributed by atoms with Gasteiger partial charge in [-0.15, -0.1) is 6.58 Å². The highest BCUT2D eigenvalue weighted by molar-refractivity contribution is 7.92. The summed E-state index contributed by atoms with van der Waals surface area (Å²) in [6.45, 7) is 7.17. The van der Waals surface area contributed by atoms with Gasteiger partial charge >= 0.3 is 0 Å². The van der Waals surface area contributed by atoms with Gasteiger partial charge in [-0.25, -0.2) is 13.1 Å². The second kappa shape index (κ2) is 8.65. The molecule has 0 saturated carbocycles. The van der Waals surface area contributed by atoms with Crippen LogP contribution in [0.5, 0.6) is 0 Å². The molecule has 0 aliphatic rings. The summed E-state index contributed by atoms with van der Waals surface area (Å²) < 4.78 is 31.5. The van der Waals surface area contributed by atoms with Gasteiger partial charge in [-0.05, 0) is 43.7 Å². The van der Waals surface area contributed by atoms with Crippen molar-refractivity contribution in [1.29, 1.82) is 0 Å². The number of rotatable bonds is 7. The van der Waals surface area contributed by atoms with Crippen LogP contribution >= 0.6 is 0 Å².